The average molecular weight is 387 g/mol. The third-order valence-electron chi connectivity index (χ3n) is 3.72. The summed E-state index contributed by atoms with van der Waals surface area (Å²) in [6.07, 6.45) is 9.55. The topological polar surface area (TPSA) is 0 Å². The Balaban J connectivity index is 0. The van der Waals surface area contributed by atoms with Gasteiger partial charge in [0, 0.05) is 11.8 Å². The molecule has 0 aliphatic heterocycles. The minimum atomic E-state index is 0. The zero-order valence-electron chi connectivity index (χ0n) is 12.7. The fourth-order valence-corrected chi connectivity index (χ4v) is 2.80. The predicted molar refractivity (Wildman–Crippen MR) is 82.9 cm³/mol. The normalized spacial score (nSPS) is 11.3. The van der Waals surface area contributed by atoms with Crippen LogP contribution >= 0.6 is 15.9 Å². The first-order chi connectivity index (χ1) is 8.24. The van der Waals surface area contributed by atoms with Gasteiger partial charge in [-0.2, -0.15) is 0 Å². The van der Waals surface area contributed by atoms with Crippen LogP contribution in [-0.2, 0) is 0 Å². The smallest absolute Gasteiger partial charge is 0.0794 e. The highest BCUT2D eigenvalue weighted by Crippen LogP contribution is 2.16. The Morgan fingerprint density at radius 2 is 1.00 bits per heavy atom. The molecule has 18 heavy (non-hydrogen) atoms. The van der Waals surface area contributed by atoms with Crippen LogP contribution in [0.5, 0.6) is 0 Å². The van der Waals surface area contributed by atoms with Crippen molar-refractivity contribution < 1.29 is 21.5 Å². The summed E-state index contributed by atoms with van der Waals surface area (Å²) < 4.78 is 1.39. The molecule has 0 aliphatic carbocycles. The van der Waals surface area contributed by atoms with E-state index in [1.165, 1.54) is 75.6 Å². The lowest BCUT2D eigenvalue weighted by molar-refractivity contribution is -0.928. The van der Waals surface area contributed by atoms with Gasteiger partial charge in [-0.1, -0.05) is 56.0 Å². The van der Waals surface area contributed by atoms with Gasteiger partial charge in [-0.25, -0.2) is 0 Å². The van der Waals surface area contributed by atoms with Crippen LogP contribution in [0.3, 0.4) is 0 Å². The number of quaternary nitrogens is 1. The minimum Gasteiger partial charge on any atom is -1.00 e. The van der Waals surface area contributed by atoms with E-state index < -0.39 is 0 Å². The summed E-state index contributed by atoms with van der Waals surface area (Å²) in [6, 6.07) is 0. The summed E-state index contributed by atoms with van der Waals surface area (Å²) in [5, 5.41) is 1.16. The second-order valence-electron chi connectivity index (χ2n) is 5.34. The fourth-order valence-electron chi connectivity index (χ4n) is 2.55. The van der Waals surface area contributed by atoms with Crippen LogP contribution in [0.15, 0.2) is 0 Å². The molecule has 0 aromatic carbocycles. The Kier molecular flexibility index (Phi) is 16.9. The zero-order chi connectivity index (χ0) is 13.0. The number of hydrogen-bond acceptors (Lipinski definition) is 0. The van der Waals surface area contributed by atoms with E-state index in [1.54, 1.807) is 0 Å². The van der Waals surface area contributed by atoms with Gasteiger partial charge in [-0.15, -0.1) is 0 Å². The Hall–Kier alpha value is 0.920. The molecule has 0 unspecified atom stereocenters. The first-order valence-corrected chi connectivity index (χ1v) is 8.77. The summed E-state index contributed by atoms with van der Waals surface area (Å²) in [7, 11) is 0. The van der Waals surface area contributed by atoms with Crippen molar-refractivity contribution >= 4 is 15.9 Å². The molecule has 0 heterocycles. The number of unbranched alkanes of at least 4 members (excludes halogenated alkanes) is 3. The lowest BCUT2D eigenvalue weighted by Crippen LogP contribution is -3.00. The molecule has 0 rings (SSSR count). The highest BCUT2D eigenvalue weighted by atomic mass is 79.9. The first kappa shape index (κ1) is 21.2. The second kappa shape index (κ2) is 14.3. The number of alkyl halides is 1. The van der Waals surface area contributed by atoms with Crippen LogP contribution < -0.4 is 17.0 Å². The number of rotatable bonds is 12. The van der Waals surface area contributed by atoms with Crippen molar-refractivity contribution in [1.29, 1.82) is 0 Å². The van der Waals surface area contributed by atoms with Gasteiger partial charge in [0.25, 0.3) is 0 Å². The van der Waals surface area contributed by atoms with E-state index in [-0.39, 0.29) is 17.0 Å². The van der Waals surface area contributed by atoms with Crippen LogP contribution in [0.25, 0.3) is 0 Å². The minimum absolute atomic E-state index is 0. The largest absolute Gasteiger partial charge is 1.00 e. The van der Waals surface area contributed by atoms with Crippen molar-refractivity contribution in [3.05, 3.63) is 0 Å². The molecular formula is C15H33Br2N. The Labute approximate surface area is 134 Å². The first-order valence-electron chi connectivity index (χ1n) is 7.65. The van der Waals surface area contributed by atoms with Crippen LogP contribution in [0.1, 0.15) is 65.7 Å². The summed E-state index contributed by atoms with van der Waals surface area (Å²) in [5.41, 5.74) is 0. The van der Waals surface area contributed by atoms with E-state index in [4.69, 9.17) is 0 Å². The molecule has 0 amide bonds. The molecule has 0 radical (unpaired) electrons. The van der Waals surface area contributed by atoms with Crippen molar-refractivity contribution in [2.45, 2.75) is 65.7 Å². The quantitative estimate of drug-likeness (QED) is 0.355. The predicted octanol–water partition coefficient (Wildman–Crippen LogP) is 1.99. The van der Waals surface area contributed by atoms with E-state index in [0.717, 1.165) is 5.33 Å². The summed E-state index contributed by atoms with van der Waals surface area (Å²) >= 11 is 3.60. The van der Waals surface area contributed by atoms with Gasteiger partial charge >= 0.3 is 0 Å². The van der Waals surface area contributed by atoms with Gasteiger partial charge in [0.1, 0.15) is 0 Å². The maximum Gasteiger partial charge on any atom is 0.0794 e. The third kappa shape index (κ3) is 9.80. The van der Waals surface area contributed by atoms with Crippen molar-refractivity contribution in [3.63, 3.8) is 0 Å². The molecule has 3 heteroatoms. The summed E-state index contributed by atoms with van der Waals surface area (Å²) in [6.45, 7) is 12.6. The van der Waals surface area contributed by atoms with E-state index in [9.17, 15) is 0 Å². The van der Waals surface area contributed by atoms with Gasteiger partial charge < -0.3 is 21.5 Å². The lowest BCUT2D eigenvalue weighted by Gasteiger charge is -2.39. The van der Waals surface area contributed by atoms with Crippen LogP contribution in [0, 0.1) is 0 Å². The monoisotopic (exact) mass is 385 g/mol. The summed E-state index contributed by atoms with van der Waals surface area (Å²) in [4.78, 5) is 0. The van der Waals surface area contributed by atoms with Crippen molar-refractivity contribution in [3.8, 4) is 0 Å². The molecule has 0 saturated heterocycles. The van der Waals surface area contributed by atoms with Gasteiger partial charge in [0.05, 0.1) is 26.2 Å². The van der Waals surface area contributed by atoms with Gasteiger partial charge in [0.2, 0.25) is 0 Å². The molecule has 0 aromatic heterocycles. The van der Waals surface area contributed by atoms with Crippen LogP contribution in [0.2, 0.25) is 0 Å². The molecule has 112 valence electrons. The Bertz CT molecular complexity index is 125. The van der Waals surface area contributed by atoms with E-state index >= 15 is 0 Å². The highest BCUT2D eigenvalue weighted by Gasteiger charge is 2.24. The molecule has 0 fully saturated rings. The zero-order valence-corrected chi connectivity index (χ0v) is 15.9. The van der Waals surface area contributed by atoms with Gasteiger partial charge in [0.15, 0.2) is 0 Å². The van der Waals surface area contributed by atoms with Crippen LogP contribution in [-0.4, -0.2) is 36.0 Å². The molecule has 0 atom stereocenters. The van der Waals surface area contributed by atoms with Gasteiger partial charge in [-0.3, -0.25) is 0 Å². The highest BCUT2D eigenvalue weighted by molar-refractivity contribution is 9.09. The lowest BCUT2D eigenvalue weighted by atomic mass is 10.1. The second-order valence-corrected chi connectivity index (χ2v) is 6.13. The number of hydrogen-bond donors (Lipinski definition) is 0. The maximum atomic E-state index is 3.60. The molecule has 0 N–H and O–H groups in total. The molecule has 0 bridgehead atoms. The molecule has 0 spiro atoms. The van der Waals surface area contributed by atoms with E-state index in [1.807, 2.05) is 0 Å². The number of halogens is 2. The Morgan fingerprint density at radius 3 is 1.28 bits per heavy atom. The van der Waals surface area contributed by atoms with Crippen molar-refractivity contribution in [2.75, 3.05) is 31.5 Å². The molecular weight excluding hydrogens is 354 g/mol. The van der Waals surface area contributed by atoms with E-state index in [0.29, 0.717) is 0 Å². The average Bonchev–Trinajstić information content (AvgIpc) is 2.37. The van der Waals surface area contributed by atoms with Crippen LogP contribution in [0.4, 0.5) is 0 Å². The van der Waals surface area contributed by atoms with E-state index in [2.05, 4.69) is 36.7 Å². The molecule has 0 aliphatic rings. The fraction of sp³-hybridized carbons (Fsp3) is 1.00. The molecule has 0 aromatic rings. The third-order valence-corrected chi connectivity index (χ3v) is 4.28. The Morgan fingerprint density at radius 1 is 0.667 bits per heavy atom. The van der Waals surface area contributed by atoms with Crippen molar-refractivity contribution in [2.24, 2.45) is 0 Å². The van der Waals surface area contributed by atoms with Gasteiger partial charge in [-0.05, 0) is 19.3 Å². The molecule has 1 nitrogen and oxygen atoms in total. The molecule has 0 saturated carbocycles. The summed E-state index contributed by atoms with van der Waals surface area (Å²) in [5.74, 6) is 0. The van der Waals surface area contributed by atoms with Crippen molar-refractivity contribution in [1.82, 2.24) is 0 Å². The standard InChI is InChI=1S/C15H33BrN.BrH/c1-4-7-12-17(13-8-5-2,14-9-6-3)15-10-11-16;/h4-15H2,1-3H3;1H/q+1;/p-1. The SMILES string of the molecule is CCCC[N+](CCCC)(CCCC)CCCBr.[Br-]. The number of nitrogens with zero attached hydrogens (tertiary/aromatic N) is 1. The maximum absolute atomic E-state index is 3.60.